The lowest BCUT2D eigenvalue weighted by molar-refractivity contribution is 0.236. The predicted octanol–water partition coefficient (Wildman–Crippen LogP) is 2.49. The third-order valence-electron chi connectivity index (χ3n) is 3.48. The van der Waals surface area contributed by atoms with Crippen molar-refractivity contribution in [1.82, 2.24) is 10.2 Å². The van der Waals surface area contributed by atoms with Crippen molar-refractivity contribution < 1.29 is 0 Å². The van der Waals surface area contributed by atoms with E-state index >= 15 is 0 Å². The van der Waals surface area contributed by atoms with Crippen LogP contribution in [-0.2, 0) is 0 Å². The Hall–Kier alpha value is -0.0800. The molecule has 15 heavy (non-hydrogen) atoms. The van der Waals surface area contributed by atoms with Gasteiger partial charge in [0.2, 0.25) is 0 Å². The number of nitrogens with zero attached hydrogens (tertiary/aromatic N) is 1. The fourth-order valence-electron chi connectivity index (χ4n) is 1.95. The van der Waals surface area contributed by atoms with Crippen molar-refractivity contribution >= 4 is 0 Å². The minimum Gasteiger partial charge on any atom is -0.313 e. The second kappa shape index (κ2) is 6.49. The second-order valence-corrected chi connectivity index (χ2v) is 5.33. The summed E-state index contributed by atoms with van der Waals surface area (Å²) in [7, 11) is 2.26. The van der Waals surface area contributed by atoms with Gasteiger partial charge >= 0.3 is 0 Å². The fourth-order valence-corrected chi connectivity index (χ4v) is 1.95. The molecule has 2 nitrogen and oxygen atoms in total. The van der Waals surface area contributed by atoms with Gasteiger partial charge in [-0.05, 0) is 46.1 Å². The molecule has 1 aliphatic rings. The molecule has 0 aromatic rings. The quantitative estimate of drug-likeness (QED) is 0.665. The van der Waals surface area contributed by atoms with Crippen LogP contribution in [0.15, 0.2) is 0 Å². The molecule has 1 N–H and O–H groups in total. The van der Waals surface area contributed by atoms with Crippen LogP contribution in [0, 0.1) is 5.92 Å². The Morgan fingerprint density at radius 1 is 1.33 bits per heavy atom. The number of rotatable bonds is 8. The van der Waals surface area contributed by atoms with Gasteiger partial charge in [-0.25, -0.2) is 0 Å². The molecule has 1 aliphatic carbocycles. The first-order valence-electron chi connectivity index (χ1n) is 6.57. The van der Waals surface area contributed by atoms with E-state index in [1.807, 2.05) is 0 Å². The molecule has 90 valence electrons. The zero-order valence-corrected chi connectivity index (χ0v) is 10.9. The highest BCUT2D eigenvalue weighted by molar-refractivity contribution is 4.79. The summed E-state index contributed by atoms with van der Waals surface area (Å²) in [5, 5.41) is 3.62. The Kier molecular flexibility index (Phi) is 5.62. The van der Waals surface area contributed by atoms with Crippen molar-refractivity contribution in [2.45, 2.75) is 58.5 Å². The Bertz CT molecular complexity index is 166. The van der Waals surface area contributed by atoms with Crippen molar-refractivity contribution in [2.24, 2.45) is 5.92 Å². The maximum absolute atomic E-state index is 3.62. The molecule has 2 atom stereocenters. The molecule has 0 aromatic heterocycles. The van der Waals surface area contributed by atoms with Gasteiger partial charge in [-0.1, -0.05) is 13.3 Å². The second-order valence-electron chi connectivity index (χ2n) is 5.33. The molecule has 1 fully saturated rings. The van der Waals surface area contributed by atoms with Crippen LogP contribution in [0.2, 0.25) is 0 Å². The van der Waals surface area contributed by atoms with Gasteiger partial charge in [0.05, 0.1) is 0 Å². The number of nitrogens with one attached hydrogen (secondary N) is 1. The Morgan fingerprint density at radius 3 is 2.53 bits per heavy atom. The molecule has 0 saturated heterocycles. The standard InChI is InChI=1S/C13H28N2/c1-5-6-11(2)14-9-12(3)15(4)10-13-7-8-13/h11-14H,5-10H2,1-4H3. The van der Waals surface area contributed by atoms with Gasteiger partial charge in [0.1, 0.15) is 0 Å². The van der Waals surface area contributed by atoms with Crippen molar-refractivity contribution in [3.05, 3.63) is 0 Å². The van der Waals surface area contributed by atoms with Gasteiger partial charge in [-0.2, -0.15) is 0 Å². The van der Waals surface area contributed by atoms with E-state index in [1.165, 1.54) is 32.2 Å². The molecular formula is C13H28N2. The number of hydrogen-bond acceptors (Lipinski definition) is 2. The minimum atomic E-state index is 0.671. The summed E-state index contributed by atoms with van der Waals surface area (Å²) in [6, 6.07) is 1.34. The zero-order chi connectivity index (χ0) is 11.3. The van der Waals surface area contributed by atoms with E-state index in [4.69, 9.17) is 0 Å². The van der Waals surface area contributed by atoms with Crippen LogP contribution >= 0.6 is 0 Å². The molecule has 1 saturated carbocycles. The van der Waals surface area contributed by atoms with Crippen LogP contribution in [0.5, 0.6) is 0 Å². The average Bonchev–Trinajstić information content (AvgIpc) is 2.98. The summed E-state index contributed by atoms with van der Waals surface area (Å²) in [6.07, 6.45) is 5.48. The lowest BCUT2D eigenvalue weighted by atomic mass is 10.2. The predicted molar refractivity (Wildman–Crippen MR) is 67.2 cm³/mol. The fraction of sp³-hybridized carbons (Fsp3) is 1.00. The van der Waals surface area contributed by atoms with E-state index < -0.39 is 0 Å². The summed E-state index contributed by atoms with van der Waals surface area (Å²) in [5.74, 6) is 1.01. The smallest absolute Gasteiger partial charge is 0.0189 e. The maximum atomic E-state index is 3.62. The van der Waals surface area contributed by atoms with Crippen LogP contribution in [0.3, 0.4) is 0 Å². The highest BCUT2D eigenvalue weighted by atomic mass is 15.1. The van der Waals surface area contributed by atoms with Crippen LogP contribution < -0.4 is 5.32 Å². The van der Waals surface area contributed by atoms with Gasteiger partial charge < -0.3 is 10.2 Å². The van der Waals surface area contributed by atoms with E-state index in [9.17, 15) is 0 Å². The first-order chi connectivity index (χ1) is 7.13. The van der Waals surface area contributed by atoms with Gasteiger partial charge in [-0.15, -0.1) is 0 Å². The Morgan fingerprint density at radius 2 is 2.00 bits per heavy atom. The molecule has 0 amide bonds. The van der Waals surface area contributed by atoms with Crippen molar-refractivity contribution in [3.8, 4) is 0 Å². The molecule has 0 aliphatic heterocycles. The minimum absolute atomic E-state index is 0.671. The summed E-state index contributed by atoms with van der Waals surface area (Å²) in [6.45, 7) is 9.29. The van der Waals surface area contributed by atoms with Crippen LogP contribution in [-0.4, -0.2) is 37.1 Å². The van der Waals surface area contributed by atoms with E-state index in [1.54, 1.807) is 0 Å². The zero-order valence-electron chi connectivity index (χ0n) is 10.9. The highest BCUT2D eigenvalue weighted by Gasteiger charge is 2.24. The van der Waals surface area contributed by atoms with E-state index in [-0.39, 0.29) is 0 Å². The van der Waals surface area contributed by atoms with E-state index in [0.717, 1.165) is 12.5 Å². The Labute approximate surface area is 95.4 Å². The molecule has 0 spiro atoms. The van der Waals surface area contributed by atoms with Crippen molar-refractivity contribution in [3.63, 3.8) is 0 Å². The lowest BCUT2D eigenvalue weighted by Crippen LogP contribution is -2.41. The normalized spacial score (nSPS) is 20.6. The summed E-state index contributed by atoms with van der Waals surface area (Å²) >= 11 is 0. The topological polar surface area (TPSA) is 15.3 Å². The molecule has 2 unspecified atom stereocenters. The third-order valence-corrected chi connectivity index (χ3v) is 3.48. The molecule has 0 radical (unpaired) electrons. The first kappa shape index (κ1) is 13.0. The number of likely N-dealkylation sites (N-methyl/N-ethyl adjacent to an activating group) is 1. The van der Waals surface area contributed by atoms with Gasteiger partial charge in [0, 0.05) is 25.2 Å². The Balaban J connectivity index is 2.07. The monoisotopic (exact) mass is 212 g/mol. The summed E-state index contributed by atoms with van der Waals surface area (Å²) in [4.78, 5) is 2.50. The largest absolute Gasteiger partial charge is 0.313 e. The van der Waals surface area contributed by atoms with Crippen LogP contribution in [0.25, 0.3) is 0 Å². The molecule has 0 bridgehead atoms. The first-order valence-corrected chi connectivity index (χ1v) is 6.57. The molecule has 0 aromatic carbocycles. The van der Waals surface area contributed by atoms with Gasteiger partial charge in [0.15, 0.2) is 0 Å². The number of hydrogen-bond donors (Lipinski definition) is 1. The molecule has 1 rings (SSSR count). The van der Waals surface area contributed by atoms with E-state index in [2.05, 4.69) is 38.0 Å². The average molecular weight is 212 g/mol. The molecular weight excluding hydrogens is 184 g/mol. The van der Waals surface area contributed by atoms with Crippen molar-refractivity contribution in [1.29, 1.82) is 0 Å². The van der Waals surface area contributed by atoms with Gasteiger partial charge in [-0.3, -0.25) is 0 Å². The SMILES string of the molecule is CCCC(C)NCC(C)N(C)CC1CC1. The van der Waals surface area contributed by atoms with Crippen LogP contribution in [0.1, 0.15) is 46.5 Å². The van der Waals surface area contributed by atoms with Crippen LogP contribution in [0.4, 0.5) is 0 Å². The third kappa shape index (κ3) is 5.53. The van der Waals surface area contributed by atoms with Crippen molar-refractivity contribution in [2.75, 3.05) is 20.1 Å². The summed E-state index contributed by atoms with van der Waals surface area (Å²) in [5.41, 5.74) is 0. The summed E-state index contributed by atoms with van der Waals surface area (Å²) < 4.78 is 0. The maximum Gasteiger partial charge on any atom is 0.0189 e. The van der Waals surface area contributed by atoms with E-state index in [0.29, 0.717) is 12.1 Å². The highest BCUT2D eigenvalue weighted by Crippen LogP contribution is 2.29. The lowest BCUT2D eigenvalue weighted by Gasteiger charge is -2.26. The molecule has 0 heterocycles. The van der Waals surface area contributed by atoms with Gasteiger partial charge in [0.25, 0.3) is 0 Å². The molecule has 2 heteroatoms.